The largest absolute Gasteiger partial charge is 0.397 e. The molecule has 3 N–H and O–H groups in total. The third-order valence-electron chi connectivity index (χ3n) is 3.14. The molecule has 2 aromatic rings. The highest BCUT2D eigenvalue weighted by Gasteiger charge is 2.31. The average molecular weight is 341 g/mol. The van der Waals surface area contributed by atoms with Crippen LogP contribution in [0.5, 0.6) is 0 Å². The van der Waals surface area contributed by atoms with Gasteiger partial charge in [-0.05, 0) is 24.6 Å². The van der Waals surface area contributed by atoms with E-state index in [-0.39, 0.29) is 5.69 Å². The molecule has 7 nitrogen and oxygen atoms in total. The molecule has 0 spiro atoms. The Kier molecular flexibility index (Phi) is 4.86. The monoisotopic (exact) mass is 341 g/mol. The molecule has 0 fully saturated rings. The van der Waals surface area contributed by atoms with Crippen molar-refractivity contribution in [3.8, 4) is 5.69 Å². The van der Waals surface area contributed by atoms with Crippen LogP contribution < -0.4 is 11.1 Å². The van der Waals surface area contributed by atoms with Crippen LogP contribution in [-0.2, 0) is 4.79 Å². The Morgan fingerprint density at radius 2 is 1.92 bits per heavy atom. The Morgan fingerprint density at radius 1 is 1.29 bits per heavy atom. The molecule has 0 bridgehead atoms. The molecule has 2 amide bonds. The number of aromatic nitrogens is 3. The van der Waals surface area contributed by atoms with Crippen LogP contribution in [0.15, 0.2) is 30.5 Å². The molecule has 1 heterocycles. The summed E-state index contributed by atoms with van der Waals surface area (Å²) in [4.78, 5) is 22.3. The van der Waals surface area contributed by atoms with Gasteiger partial charge in [-0.3, -0.25) is 9.59 Å². The van der Waals surface area contributed by atoms with Gasteiger partial charge in [0.05, 0.1) is 17.9 Å². The van der Waals surface area contributed by atoms with Crippen molar-refractivity contribution in [2.24, 2.45) is 5.73 Å². The van der Waals surface area contributed by atoms with Crippen LogP contribution in [0.25, 0.3) is 5.69 Å². The molecule has 1 atom stereocenters. The lowest BCUT2D eigenvalue weighted by Gasteiger charge is -2.15. The molecule has 1 aromatic heterocycles. The first-order chi connectivity index (χ1) is 11.2. The third kappa shape index (κ3) is 4.54. The number of carbonyl (C=O) groups excluding carboxylic acids is 2. The highest BCUT2D eigenvalue weighted by Crippen LogP contribution is 2.21. The molecule has 0 aliphatic rings. The summed E-state index contributed by atoms with van der Waals surface area (Å²) in [6.07, 6.45) is -4.71. The van der Waals surface area contributed by atoms with Crippen molar-refractivity contribution in [1.29, 1.82) is 0 Å². The van der Waals surface area contributed by atoms with Gasteiger partial charge in [0, 0.05) is 0 Å². The standard InChI is InChI=1S/C14H14F3N5O2/c1-8(19-12(23)6-14(15,16)17)9-2-4-10(5-3-9)22-7-11(13(18)24)20-21-22/h2-5,7-8H,6H2,1H3,(H2,18,24)(H,19,23)/t8-/m0/s1. The quantitative estimate of drug-likeness (QED) is 0.860. The Hall–Kier alpha value is -2.91. The number of rotatable bonds is 5. The lowest BCUT2D eigenvalue weighted by molar-refractivity contribution is -0.154. The lowest BCUT2D eigenvalue weighted by Crippen LogP contribution is -2.30. The Bertz CT molecular complexity index is 740. The molecule has 1 aromatic carbocycles. The minimum Gasteiger partial charge on any atom is -0.364 e. The summed E-state index contributed by atoms with van der Waals surface area (Å²) in [6.45, 7) is 1.57. The zero-order chi connectivity index (χ0) is 17.9. The summed E-state index contributed by atoms with van der Waals surface area (Å²) in [5, 5.41) is 9.62. The molecule has 24 heavy (non-hydrogen) atoms. The van der Waals surface area contributed by atoms with E-state index in [1.165, 1.54) is 10.9 Å². The number of carbonyl (C=O) groups is 2. The Morgan fingerprint density at radius 3 is 2.42 bits per heavy atom. The highest BCUT2D eigenvalue weighted by atomic mass is 19.4. The van der Waals surface area contributed by atoms with Crippen molar-refractivity contribution in [3.05, 3.63) is 41.7 Å². The van der Waals surface area contributed by atoms with Gasteiger partial charge in [-0.2, -0.15) is 13.2 Å². The van der Waals surface area contributed by atoms with Crippen molar-refractivity contribution < 1.29 is 22.8 Å². The van der Waals surface area contributed by atoms with Gasteiger partial charge in [0.2, 0.25) is 5.91 Å². The predicted molar refractivity (Wildman–Crippen MR) is 77.1 cm³/mol. The Labute approximate surface area is 134 Å². The molecule has 10 heteroatoms. The minimum atomic E-state index is -4.54. The van der Waals surface area contributed by atoms with E-state index in [1.54, 1.807) is 31.2 Å². The number of nitrogens with two attached hydrogens (primary N) is 1. The molecule has 0 aliphatic heterocycles. The number of nitrogens with one attached hydrogen (secondary N) is 1. The molecule has 0 aliphatic carbocycles. The SMILES string of the molecule is C[C@H](NC(=O)CC(F)(F)F)c1ccc(-n2cc(C(N)=O)nn2)cc1. The van der Waals surface area contributed by atoms with E-state index in [9.17, 15) is 22.8 Å². The van der Waals surface area contributed by atoms with Gasteiger partial charge in [-0.15, -0.1) is 5.10 Å². The summed E-state index contributed by atoms with van der Waals surface area (Å²) in [7, 11) is 0. The topological polar surface area (TPSA) is 103 Å². The first-order valence-electron chi connectivity index (χ1n) is 6.84. The summed E-state index contributed by atoms with van der Waals surface area (Å²) >= 11 is 0. The van der Waals surface area contributed by atoms with Crippen molar-refractivity contribution in [1.82, 2.24) is 20.3 Å². The zero-order valence-electron chi connectivity index (χ0n) is 12.5. The maximum Gasteiger partial charge on any atom is 0.397 e. The summed E-state index contributed by atoms with van der Waals surface area (Å²) in [5.74, 6) is -1.81. The molecular weight excluding hydrogens is 327 g/mol. The van der Waals surface area contributed by atoms with Crippen LogP contribution in [0.3, 0.4) is 0 Å². The highest BCUT2D eigenvalue weighted by molar-refractivity contribution is 5.90. The van der Waals surface area contributed by atoms with Crippen molar-refractivity contribution in [2.45, 2.75) is 25.6 Å². The van der Waals surface area contributed by atoms with E-state index < -0.39 is 30.5 Å². The van der Waals surface area contributed by atoms with E-state index in [2.05, 4.69) is 15.6 Å². The van der Waals surface area contributed by atoms with Crippen molar-refractivity contribution >= 4 is 11.8 Å². The number of hydrogen-bond donors (Lipinski definition) is 2. The molecule has 0 saturated heterocycles. The first-order valence-corrected chi connectivity index (χ1v) is 6.84. The number of primary amides is 1. The van der Waals surface area contributed by atoms with Gasteiger partial charge >= 0.3 is 6.18 Å². The smallest absolute Gasteiger partial charge is 0.364 e. The van der Waals surface area contributed by atoms with Gasteiger partial charge in [-0.25, -0.2) is 4.68 Å². The maximum absolute atomic E-state index is 12.1. The van der Waals surface area contributed by atoms with E-state index >= 15 is 0 Å². The van der Waals surface area contributed by atoms with Gasteiger partial charge in [0.25, 0.3) is 5.91 Å². The number of nitrogens with zero attached hydrogens (tertiary/aromatic N) is 3. The molecule has 2 rings (SSSR count). The van der Waals surface area contributed by atoms with Crippen LogP contribution in [-0.4, -0.2) is 33.0 Å². The molecule has 0 saturated carbocycles. The third-order valence-corrected chi connectivity index (χ3v) is 3.14. The molecule has 0 unspecified atom stereocenters. The van der Waals surface area contributed by atoms with Crippen molar-refractivity contribution in [2.75, 3.05) is 0 Å². The van der Waals surface area contributed by atoms with Gasteiger partial charge < -0.3 is 11.1 Å². The summed E-state index contributed by atoms with van der Waals surface area (Å²) in [6, 6.07) is 5.91. The number of halogens is 3. The lowest BCUT2D eigenvalue weighted by atomic mass is 10.1. The van der Waals surface area contributed by atoms with Crippen molar-refractivity contribution in [3.63, 3.8) is 0 Å². The van der Waals surface area contributed by atoms with E-state index in [1.807, 2.05) is 0 Å². The minimum absolute atomic E-state index is 0.00635. The van der Waals surface area contributed by atoms with Gasteiger partial charge in [0.1, 0.15) is 6.42 Å². The second-order valence-corrected chi connectivity index (χ2v) is 5.09. The second-order valence-electron chi connectivity index (χ2n) is 5.09. The van der Waals surface area contributed by atoms with Crippen LogP contribution in [0.4, 0.5) is 13.2 Å². The Balaban J connectivity index is 2.05. The normalized spacial score (nSPS) is 12.7. The number of alkyl halides is 3. The van der Waals surface area contributed by atoms with E-state index in [0.29, 0.717) is 11.3 Å². The van der Waals surface area contributed by atoms with E-state index in [4.69, 9.17) is 5.73 Å². The molecular formula is C14H14F3N5O2. The van der Waals surface area contributed by atoms with Crippen LogP contribution >= 0.6 is 0 Å². The predicted octanol–water partition coefficient (Wildman–Crippen LogP) is 1.50. The van der Waals surface area contributed by atoms with Crippen LogP contribution in [0, 0.1) is 0 Å². The number of benzene rings is 1. The van der Waals surface area contributed by atoms with Crippen LogP contribution in [0.1, 0.15) is 35.4 Å². The second kappa shape index (κ2) is 6.69. The maximum atomic E-state index is 12.1. The zero-order valence-corrected chi connectivity index (χ0v) is 12.5. The summed E-state index contributed by atoms with van der Waals surface area (Å²) in [5.41, 5.74) is 6.28. The fourth-order valence-corrected chi connectivity index (χ4v) is 1.98. The van der Waals surface area contributed by atoms with Gasteiger partial charge in [0.15, 0.2) is 5.69 Å². The number of hydrogen-bond acceptors (Lipinski definition) is 4. The average Bonchev–Trinajstić information content (AvgIpc) is 2.95. The first kappa shape index (κ1) is 17.4. The van der Waals surface area contributed by atoms with Gasteiger partial charge in [-0.1, -0.05) is 17.3 Å². The van der Waals surface area contributed by atoms with Crippen LogP contribution in [0.2, 0.25) is 0 Å². The summed E-state index contributed by atoms with van der Waals surface area (Å²) < 4.78 is 37.8. The fraction of sp³-hybridized carbons (Fsp3) is 0.286. The molecule has 0 radical (unpaired) electrons. The fourth-order valence-electron chi connectivity index (χ4n) is 1.98. The molecule has 128 valence electrons. The number of amides is 2. The van der Waals surface area contributed by atoms with E-state index in [0.717, 1.165) is 0 Å².